The Morgan fingerprint density at radius 3 is 2.62 bits per heavy atom. The van der Waals surface area contributed by atoms with Gasteiger partial charge in [-0.15, -0.1) is 0 Å². The van der Waals surface area contributed by atoms with Crippen LogP contribution in [-0.2, 0) is 13.7 Å². The number of anilines is 1. The Morgan fingerprint density at radius 1 is 1.09 bits per heavy atom. The zero-order chi connectivity index (χ0) is 23.3. The van der Waals surface area contributed by atoms with Crippen molar-refractivity contribution >= 4 is 17.5 Å². The Hall–Kier alpha value is -3.61. The van der Waals surface area contributed by atoms with E-state index in [-0.39, 0.29) is 11.8 Å². The summed E-state index contributed by atoms with van der Waals surface area (Å²) in [6.07, 6.45) is 1.48. The minimum absolute atomic E-state index is 0.273. The predicted octanol–water partition coefficient (Wildman–Crippen LogP) is 4.25. The van der Waals surface area contributed by atoms with Crippen molar-refractivity contribution in [3.8, 4) is 5.75 Å². The summed E-state index contributed by atoms with van der Waals surface area (Å²) < 4.78 is 7.42. The normalized spacial score (nSPS) is 10.8. The van der Waals surface area contributed by atoms with Crippen molar-refractivity contribution in [3.63, 3.8) is 0 Å². The number of benzene rings is 2. The quantitative estimate of drug-likeness (QED) is 0.555. The zero-order valence-electron chi connectivity index (χ0n) is 19.2. The SMILES string of the molecule is Cc1ccc(C)c(OCc2cccc(C(=O)Nc3cnn(C)c3C(=O)NCC(C)C)c2)c1. The molecule has 1 aromatic heterocycles. The van der Waals surface area contributed by atoms with Gasteiger partial charge in [0.15, 0.2) is 0 Å². The van der Waals surface area contributed by atoms with Crippen LogP contribution in [0.3, 0.4) is 0 Å². The molecule has 168 valence electrons. The first-order chi connectivity index (χ1) is 15.2. The van der Waals surface area contributed by atoms with Crippen molar-refractivity contribution in [2.45, 2.75) is 34.3 Å². The molecule has 0 fully saturated rings. The van der Waals surface area contributed by atoms with E-state index in [1.807, 2.05) is 58.0 Å². The fraction of sp³-hybridized carbons (Fsp3) is 0.320. The molecule has 2 amide bonds. The first kappa shape index (κ1) is 23.1. The van der Waals surface area contributed by atoms with E-state index in [4.69, 9.17) is 4.74 Å². The molecule has 7 nitrogen and oxygen atoms in total. The van der Waals surface area contributed by atoms with E-state index in [0.717, 1.165) is 22.4 Å². The molecule has 3 aromatic rings. The second-order valence-corrected chi connectivity index (χ2v) is 8.35. The number of aryl methyl sites for hydroxylation is 3. The maximum Gasteiger partial charge on any atom is 0.271 e. The minimum atomic E-state index is -0.315. The second-order valence-electron chi connectivity index (χ2n) is 8.35. The Morgan fingerprint density at radius 2 is 1.88 bits per heavy atom. The number of aromatic nitrogens is 2. The number of rotatable bonds is 8. The van der Waals surface area contributed by atoms with Gasteiger partial charge in [-0.2, -0.15) is 5.10 Å². The highest BCUT2D eigenvalue weighted by atomic mass is 16.5. The van der Waals surface area contributed by atoms with Gasteiger partial charge in [-0.1, -0.05) is 38.1 Å². The van der Waals surface area contributed by atoms with Crippen LogP contribution in [0.25, 0.3) is 0 Å². The number of amides is 2. The third-order valence-electron chi connectivity index (χ3n) is 5.00. The monoisotopic (exact) mass is 434 g/mol. The lowest BCUT2D eigenvalue weighted by Gasteiger charge is -2.12. The van der Waals surface area contributed by atoms with Gasteiger partial charge in [-0.25, -0.2) is 0 Å². The third kappa shape index (κ3) is 5.75. The molecule has 0 saturated heterocycles. The molecule has 0 aliphatic carbocycles. The molecule has 0 aliphatic heterocycles. The first-order valence-electron chi connectivity index (χ1n) is 10.6. The number of carbonyl (C=O) groups is 2. The lowest BCUT2D eigenvalue weighted by molar-refractivity contribution is 0.0940. The highest BCUT2D eigenvalue weighted by Gasteiger charge is 2.19. The van der Waals surface area contributed by atoms with Crippen molar-refractivity contribution in [3.05, 3.63) is 76.6 Å². The zero-order valence-corrected chi connectivity index (χ0v) is 19.2. The smallest absolute Gasteiger partial charge is 0.271 e. The summed E-state index contributed by atoms with van der Waals surface area (Å²) >= 11 is 0. The van der Waals surface area contributed by atoms with Crippen LogP contribution in [0, 0.1) is 19.8 Å². The van der Waals surface area contributed by atoms with Gasteiger partial charge in [0, 0.05) is 19.2 Å². The molecule has 0 unspecified atom stereocenters. The summed E-state index contributed by atoms with van der Waals surface area (Å²) in [6.45, 7) is 8.95. The van der Waals surface area contributed by atoms with Gasteiger partial charge >= 0.3 is 0 Å². The van der Waals surface area contributed by atoms with Gasteiger partial charge in [0.1, 0.15) is 18.1 Å². The van der Waals surface area contributed by atoms with Crippen molar-refractivity contribution in [1.82, 2.24) is 15.1 Å². The molecule has 0 bridgehead atoms. The van der Waals surface area contributed by atoms with Gasteiger partial charge < -0.3 is 15.4 Å². The highest BCUT2D eigenvalue weighted by molar-refractivity contribution is 6.08. The van der Waals surface area contributed by atoms with Crippen molar-refractivity contribution < 1.29 is 14.3 Å². The summed E-state index contributed by atoms with van der Waals surface area (Å²) in [4.78, 5) is 25.4. The number of carbonyl (C=O) groups excluding carboxylic acids is 2. The molecule has 0 saturated carbocycles. The lowest BCUT2D eigenvalue weighted by Crippen LogP contribution is -2.30. The van der Waals surface area contributed by atoms with E-state index in [1.54, 1.807) is 19.2 Å². The second kappa shape index (κ2) is 10.1. The number of nitrogens with one attached hydrogen (secondary N) is 2. The summed E-state index contributed by atoms with van der Waals surface area (Å²) in [5.74, 6) is 0.556. The van der Waals surface area contributed by atoms with E-state index in [1.165, 1.54) is 10.9 Å². The molecule has 32 heavy (non-hydrogen) atoms. The maximum absolute atomic E-state index is 12.9. The summed E-state index contributed by atoms with van der Waals surface area (Å²) in [6, 6.07) is 13.3. The molecule has 0 spiro atoms. The van der Waals surface area contributed by atoms with E-state index in [9.17, 15) is 9.59 Å². The number of hydrogen-bond acceptors (Lipinski definition) is 4. The third-order valence-corrected chi connectivity index (χ3v) is 5.00. The highest BCUT2D eigenvalue weighted by Crippen LogP contribution is 2.21. The Balaban J connectivity index is 1.70. The molecule has 0 aliphatic rings. The average molecular weight is 435 g/mol. The number of nitrogens with zero attached hydrogens (tertiary/aromatic N) is 2. The molecule has 7 heteroatoms. The summed E-state index contributed by atoms with van der Waals surface area (Å²) in [5.41, 5.74) is 4.22. The fourth-order valence-electron chi connectivity index (χ4n) is 3.20. The van der Waals surface area contributed by atoms with Gasteiger partial charge in [0.2, 0.25) is 0 Å². The fourth-order valence-corrected chi connectivity index (χ4v) is 3.20. The number of ether oxygens (including phenoxy) is 1. The largest absolute Gasteiger partial charge is 0.489 e. The van der Waals surface area contributed by atoms with Gasteiger partial charge in [0.25, 0.3) is 11.8 Å². The first-order valence-corrected chi connectivity index (χ1v) is 10.6. The van der Waals surface area contributed by atoms with Crippen molar-refractivity contribution in [2.24, 2.45) is 13.0 Å². The van der Waals surface area contributed by atoms with Crippen LogP contribution in [0.5, 0.6) is 5.75 Å². The summed E-state index contributed by atoms with van der Waals surface area (Å²) in [5, 5.41) is 9.80. The van der Waals surface area contributed by atoms with Crippen molar-refractivity contribution in [2.75, 3.05) is 11.9 Å². The molecule has 2 N–H and O–H groups in total. The van der Waals surface area contributed by atoms with Gasteiger partial charge in [-0.05, 0) is 54.7 Å². The van der Waals surface area contributed by atoms with Crippen LogP contribution >= 0.6 is 0 Å². The molecule has 0 atom stereocenters. The van der Waals surface area contributed by atoms with Crippen LogP contribution in [0.2, 0.25) is 0 Å². The van der Waals surface area contributed by atoms with Crippen molar-refractivity contribution in [1.29, 1.82) is 0 Å². The number of hydrogen-bond donors (Lipinski definition) is 2. The van der Waals surface area contributed by atoms with Crippen LogP contribution in [0.15, 0.2) is 48.7 Å². The average Bonchev–Trinajstić information content (AvgIpc) is 3.12. The molecule has 3 rings (SSSR count). The molecule has 2 aromatic carbocycles. The van der Waals surface area contributed by atoms with Crippen LogP contribution in [0.4, 0.5) is 5.69 Å². The van der Waals surface area contributed by atoms with Crippen LogP contribution in [0.1, 0.15) is 51.4 Å². The maximum atomic E-state index is 12.9. The van der Waals surface area contributed by atoms with Gasteiger partial charge in [-0.3, -0.25) is 14.3 Å². The Labute approximate surface area is 188 Å². The topological polar surface area (TPSA) is 85.2 Å². The molecular weight excluding hydrogens is 404 g/mol. The van der Waals surface area contributed by atoms with E-state index in [0.29, 0.717) is 36.0 Å². The predicted molar refractivity (Wildman–Crippen MR) is 125 cm³/mol. The standard InChI is InChI=1S/C25H30N4O3/c1-16(2)13-26-25(31)23-21(14-27-29(23)5)28-24(30)20-8-6-7-19(12-20)15-32-22-11-17(3)9-10-18(22)4/h6-12,14,16H,13,15H2,1-5H3,(H,26,31)(H,28,30). The van der Waals surface area contributed by atoms with E-state index >= 15 is 0 Å². The van der Waals surface area contributed by atoms with Gasteiger partial charge in [0.05, 0.1) is 11.9 Å². The Kier molecular flexibility index (Phi) is 7.30. The lowest BCUT2D eigenvalue weighted by atomic mass is 10.1. The molecular formula is C25H30N4O3. The van der Waals surface area contributed by atoms with Crippen LogP contribution < -0.4 is 15.4 Å². The molecule has 1 heterocycles. The van der Waals surface area contributed by atoms with Crippen LogP contribution in [-0.4, -0.2) is 28.1 Å². The minimum Gasteiger partial charge on any atom is -0.489 e. The Bertz CT molecular complexity index is 1120. The summed E-state index contributed by atoms with van der Waals surface area (Å²) in [7, 11) is 1.67. The van der Waals surface area contributed by atoms with E-state index < -0.39 is 0 Å². The molecule has 0 radical (unpaired) electrons. The van der Waals surface area contributed by atoms with E-state index in [2.05, 4.69) is 15.7 Å².